The van der Waals surface area contributed by atoms with Gasteiger partial charge >= 0.3 is 0 Å². The summed E-state index contributed by atoms with van der Waals surface area (Å²) >= 11 is 6.15. The molecule has 1 amide bonds. The van der Waals surface area contributed by atoms with Crippen LogP contribution in [0.1, 0.15) is 24.2 Å². The molecular weight excluding hydrogens is 384 g/mol. The van der Waals surface area contributed by atoms with Crippen LogP contribution in [0.5, 0.6) is 0 Å². The molecule has 4 rings (SSSR count). The Kier molecular flexibility index (Phi) is 5.54. The lowest BCUT2D eigenvalue weighted by atomic mass is 10.1. The summed E-state index contributed by atoms with van der Waals surface area (Å²) in [5, 5.41) is 4.38. The Morgan fingerprint density at radius 2 is 1.69 bits per heavy atom. The molecule has 0 radical (unpaired) electrons. The minimum Gasteiger partial charge on any atom is -0.406 e. The van der Waals surface area contributed by atoms with Gasteiger partial charge in [0, 0.05) is 11.6 Å². The summed E-state index contributed by atoms with van der Waals surface area (Å²) in [7, 11) is 0. The van der Waals surface area contributed by atoms with Crippen molar-refractivity contribution >= 4 is 34.1 Å². The van der Waals surface area contributed by atoms with E-state index >= 15 is 0 Å². The molecule has 4 nitrogen and oxygen atoms in total. The van der Waals surface area contributed by atoms with E-state index in [1.807, 2.05) is 79.9 Å². The zero-order valence-electron chi connectivity index (χ0n) is 16.0. The summed E-state index contributed by atoms with van der Waals surface area (Å²) in [4.78, 5) is 18.8. The van der Waals surface area contributed by atoms with E-state index in [4.69, 9.17) is 16.4 Å². The molecule has 0 fully saturated rings. The molecule has 4 aromatic rings. The Morgan fingerprint density at radius 1 is 1.00 bits per heavy atom. The third-order valence-electron chi connectivity index (χ3n) is 4.80. The highest BCUT2D eigenvalue weighted by Crippen LogP contribution is 2.25. The van der Waals surface area contributed by atoms with Crippen LogP contribution >= 0.6 is 11.6 Å². The van der Waals surface area contributed by atoms with Gasteiger partial charge in [0.25, 0.3) is 0 Å². The van der Waals surface area contributed by atoms with Crippen LogP contribution in [-0.4, -0.2) is 10.6 Å². The van der Waals surface area contributed by atoms with Crippen molar-refractivity contribution in [3.8, 4) is 0 Å². The number of fused-ring (bicyclic) bond motifs is 1. The lowest BCUT2D eigenvalue weighted by Crippen LogP contribution is -2.16. The SMILES string of the molecule is CC(On1cc(CC(=O)Nc2ccccc2Cl)c2ccccc21)c1ccccc1. The normalized spacial score (nSPS) is 11.9. The first-order valence-corrected chi connectivity index (χ1v) is 9.85. The standard InChI is InChI=1S/C24H21ClN2O2/c1-17(18-9-3-2-4-10-18)29-27-16-19(20-11-5-8-14-23(20)27)15-24(28)26-22-13-7-6-12-21(22)25/h2-14,16-17H,15H2,1H3,(H,26,28). The number of halogens is 1. The number of aromatic nitrogens is 1. The van der Waals surface area contributed by atoms with Crippen LogP contribution in [-0.2, 0) is 11.2 Å². The third kappa shape index (κ3) is 4.28. The van der Waals surface area contributed by atoms with Gasteiger partial charge < -0.3 is 10.2 Å². The maximum Gasteiger partial charge on any atom is 0.228 e. The van der Waals surface area contributed by atoms with Crippen molar-refractivity contribution in [3.05, 3.63) is 101 Å². The minimum atomic E-state index is -0.128. The van der Waals surface area contributed by atoms with Crippen LogP contribution in [0.25, 0.3) is 10.9 Å². The van der Waals surface area contributed by atoms with Gasteiger partial charge in [-0.15, -0.1) is 0 Å². The topological polar surface area (TPSA) is 43.3 Å². The van der Waals surface area contributed by atoms with Gasteiger partial charge in [0.05, 0.1) is 22.6 Å². The number of carbonyl (C=O) groups is 1. The highest BCUT2D eigenvalue weighted by atomic mass is 35.5. The molecule has 1 atom stereocenters. The number of carbonyl (C=O) groups excluding carboxylic acids is 1. The lowest BCUT2D eigenvalue weighted by Gasteiger charge is -2.16. The first kappa shape index (κ1) is 19.1. The quantitative estimate of drug-likeness (QED) is 0.450. The van der Waals surface area contributed by atoms with Gasteiger partial charge in [-0.05, 0) is 36.2 Å². The predicted molar refractivity (Wildman–Crippen MR) is 117 cm³/mol. The lowest BCUT2D eigenvalue weighted by molar-refractivity contribution is -0.115. The molecule has 29 heavy (non-hydrogen) atoms. The van der Waals surface area contributed by atoms with Crippen molar-refractivity contribution in [2.75, 3.05) is 5.32 Å². The molecule has 0 saturated carbocycles. The molecule has 3 aromatic carbocycles. The zero-order chi connectivity index (χ0) is 20.2. The van der Waals surface area contributed by atoms with Gasteiger partial charge in [-0.25, -0.2) is 0 Å². The first-order valence-electron chi connectivity index (χ1n) is 9.47. The highest BCUT2D eigenvalue weighted by Gasteiger charge is 2.15. The number of benzene rings is 3. The van der Waals surface area contributed by atoms with E-state index < -0.39 is 0 Å². The number of amides is 1. The number of anilines is 1. The van der Waals surface area contributed by atoms with Crippen LogP contribution in [0, 0.1) is 0 Å². The van der Waals surface area contributed by atoms with E-state index in [0.717, 1.165) is 22.0 Å². The largest absolute Gasteiger partial charge is 0.406 e. The smallest absolute Gasteiger partial charge is 0.228 e. The Labute approximate surface area is 174 Å². The van der Waals surface area contributed by atoms with E-state index in [9.17, 15) is 4.79 Å². The number of rotatable bonds is 6. The van der Waals surface area contributed by atoms with Crippen LogP contribution in [0.3, 0.4) is 0 Å². The molecule has 0 aliphatic carbocycles. The van der Waals surface area contributed by atoms with Crippen LogP contribution < -0.4 is 10.2 Å². The van der Waals surface area contributed by atoms with Gasteiger partial charge in [0.2, 0.25) is 5.91 Å². The minimum absolute atomic E-state index is 0.128. The second kappa shape index (κ2) is 8.41. The second-order valence-electron chi connectivity index (χ2n) is 6.86. The number of hydrogen-bond acceptors (Lipinski definition) is 2. The van der Waals surface area contributed by atoms with Crippen molar-refractivity contribution in [2.24, 2.45) is 0 Å². The molecule has 0 aliphatic rings. The number of nitrogens with zero attached hydrogens (tertiary/aromatic N) is 1. The average Bonchev–Trinajstić information content (AvgIpc) is 3.07. The summed E-state index contributed by atoms with van der Waals surface area (Å²) in [6.45, 7) is 2.01. The molecule has 1 N–H and O–H groups in total. The summed E-state index contributed by atoms with van der Waals surface area (Å²) in [6, 6.07) is 25.2. The summed E-state index contributed by atoms with van der Waals surface area (Å²) < 4.78 is 1.76. The molecule has 0 spiro atoms. The molecule has 5 heteroatoms. The molecule has 1 unspecified atom stereocenters. The van der Waals surface area contributed by atoms with E-state index in [-0.39, 0.29) is 18.4 Å². The van der Waals surface area contributed by atoms with Gasteiger partial charge in [0.1, 0.15) is 6.10 Å². The predicted octanol–water partition coefficient (Wildman–Crippen LogP) is 5.67. The van der Waals surface area contributed by atoms with E-state index in [1.54, 1.807) is 16.9 Å². The van der Waals surface area contributed by atoms with E-state index in [0.29, 0.717) is 10.7 Å². The fourth-order valence-electron chi connectivity index (χ4n) is 3.33. The molecule has 0 bridgehead atoms. The fraction of sp³-hybridized carbons (Fsp3) is 0.125. The van der Waals surface area contributed by atoms with E-state index in [2.05, 4.69) is 5.32 Å². The van der Waals surface area contributed by atoms with Crippen molar-refractivity contribution in [1.82, 2.24) is 4.73 Å². The van der Waals surface area contributed by atoms with Crippen molar-refractivity contribution in [2.45, 2.75) is 19.4 Å². The van der Waals surface area contributed by atoms with Crippen molar-refractivity contribution in [1.29, 1.82) is 0 Å². The summed E-state index contributed by atoms with van der Waals surface area (Å²) in [6.07, 6.45) is 1.98. The number of nitrogens with one attached hydrogen (secondary N) is 1. The Hall–Kier alpha value is -3.24. The molecule has 1 heterocycles. The Bertz CT molecular complexity index is 1140. The number of hydrogen-bond donors (Lipinski definition) is 1. The molecule has 0 saturated heterocycles. The summed E-state index contributed by atoms with van der Waals surface area (Å²) in [5.41, 5.74) is 3.52. The van der Waals surface area contributed by atoms with Crippen molar-refractivity contribution in [3.63, 3.8) is 0 Å². The monoisotopic (exact) mass is 404 g/mol. The molecule has 1 aromatic heterocycles. The van der Waals surface area contributed by atoms with Gasteiger partial charge in [0.15, 0.2) is 0 Å². The van der Waals surface area contributed by atoms with Crippen LogP contribution in [0.2, 0.25) is 5.02 Å². The molecular formula is C24H21ClN2O2. The van der Waals surface area contributed by atoms with Gasteiger partial charge in [-0.3, -0.25) is 4.79 Å². The van der Waals surface area contributed by atoms with Crippen molar-refractivity contribution < 1.29 is 9.63 Å². The first-order chi connectivity index (χ1) is 14.1. The second-order valence-corrected chi connectivity index (χ2v) is 7.27. The molecule has 146 valence electrons. The fourth-order valence-corrected chi connectivity index (χ4v) is 3.51. The third-order valence-corrected chi connectivity index (χ3v) is 5.13. The van der Waals surface area contributed by atoms with Gasteiger partial charge in [-0.1, -0.05) is 72.3 Å². The number of para-hydroxylation sites is 2. The van der Waals surface area contributed by atoms with E-state index in [1.165, 1.54) is 0 Å². The molecule has 0 aliphatic heterocycles. The zero-order valence-corrected chi connectivity index (χ0v) is 16.8. The maximum atomic E-state index is 12.6. The maximum absolute atomic E-state index is 12.6. The van der Waals surface area contributed by atoms with Gasteiger partial charge in [-0.2, -0.15) is 4.73 Å². The Balaban J connectivity index is 1.57. The summed E-state index contributed by atoms with van der Waals surface area (Å²) in [5.74, 6) is -0.128. The average molecular weight is 405 g/mol. The Morgan fingerprint density at radius 3 is 2.48 bits per heavy atom. The highest BCUT2D eigenvalue weighted by molar-refractivity contribution is 6.33. The van der Waals surface area contributed by atoms with Crippen LogP contribution in [0.4, 0.5) is 5.69 Å². The van der Waals surface area contributed by atoms with Crippen LogP contribution in [0.15, 0.2) is 85.1 Å².